The number of ether oxygens (including phenoxy) is 1. The fourth-order valence-electron chi connectivity index (χ4n) is 3.48. The average molecular weight is 532 g/mol. The topological polar surface area (TPSA) is 136 Å². The van der Waals surface area contributed by atoms with Gasteiger partial charge in [-0.1, -0.05) is 42.5 Å². The standard InChI is InChI=1S/C25H29N3O6S2/c1-3-34-24-14-13-23(15-19(24)2)36(32,33)28(17-21-7-5-4-6-8-21)18-25(29)27-16-20-9-11-22(12-10-20)35(26,30)31/h4-15H,3,16-18H2,1-2H3,(H,27,29)(H2,26,30,31). The second-order valence-corrected chi connectivity index (χ2v) is 11.6. The molecule has 3 N–H and O–H groups in total. The van der Waals surface area contributed by atoms with E-state index in [0.717, 1.165) is 9.87 Å². The van der Waals surface area contributed by atoms with Crippen molar-refractivity contribution >= 4 is 26.0 Å². The fraction of sp³-hybridized carbons (Fsp3) is 0.240. The molecule has 0 aliphatic heterocycles. The summed E-state index contributed by atoms with van der Waals surface area (Å²) in [5, 5.41) is 7.79. The first kappa shape index (κ1) is 27.3. The van der Waals surface area contributed by atoms with Gasteiger partial charge in [0.05, 0.1) is 22.9 Å². The van der Waals surface area contributed by atoms with Crippen molar-refractivity contribution in [2.45, 2.75) is 36.7 Å². The summed E-state index contributed by atoms with van der Waals surface area (Å²) in [7, 11) is -7.83. The van der Waals surface area contributed by atoms with Crippen LogP contribution in [0.4, 0.5) is 0 Å². The first-order valence-corrected chi connectivity index (χ1v) is 14.2. The molecule has 0 heterocycles. The molecule has 0 aliphatic rings. The molecular formula is C25H29N3O6S2. The summed E-state index contributed by atoms with van der Waals surface area (Å²) in [5.74, 6) is 0.0879. The average Bonchev–Trinajstić information content (AvgIpc) is 2.84. The van der Waals surface area contributed by atoms with Gasteiger partial charge in [-0.3, -0.25) is 4.79 Å². The lowest BCUT2D eigenvalue weighted by Crippen LogP contribution is -2.40. The van der Waals surface area contributed by atoms with E-state index in [-0.39, 0.29) is 22.9 Å². The van der Waals surface area contributed by atoms with Crippen LogP contribution in [0.3, 0.4) is 0 Å². The predicted molar refractivity (Wildman–Crippen MR) is 136 cm³/mol. The smallest absolute Gasteiger partial charge is 0.243 e. The largest absolute Gasteiger partial charge is 0.494 e. The summed E-state index contributed by atoms with van der Waals surface area (Å²) in [6, 6.07) is 19.4. The normalized spacial score (nSPS) is 11.9. The van der Waals surface area contributed by atoms with Crippen molar-refractivity contribution in [2.24, 2.45) is 5.14 Å². The van der Waals surface area contributed by atoms with Gasteiger partial charge in [-0.15, -0.1) is 0 Å². The number of nitrogens with zero attached hydrogens (tertiary/aromatic N) is 1. The molecule has 0 atom stereocenters. The molecular weight excluding hydrogens is 502 g/mol. The SMILES string of the molecule is CCOc1ccc(S(=O)(=O)N(CC(=O)NCc2ccc(S(N)(=O)=O)cc2)Cc2ccccc2)cc1C. The van der Waals surface area contributed by atoms with Crippen molar-refractivity contribution in [2.75, 3.05) is 13.2 Å². The van der Waals surface area contributed by atoms with E-state index in [0.29, 0.717) is 23.5 Å². The van der Waals surface area contributed by atoms with Crippen molar-refractivity contribution < 1.29 is 26.4 Å². The number of carbonyl (C=O) groups is 1. The van der Waals surface area contributed by atoms with Gasteiger partial charge in [0.2, 0.25) is 26.0 Å². The molecule has 11 heteroatoms. The third-order valence-electron chi connectivity index (χ3n) is 5.35. The van der Waals surface area contributed by atoms with Crippen molar-refractivity contribution in [3.05, 3.63) is 89.5 Å². The Balaban J connectivity index is 1.79. The number of carbonyl (C=O) groups excluding carboxylic acids is 1. The Morgan fingerprint density at radius 3 is 2.14 bits per heavy atom. The second-order valence-electron chi connectivity index (χ2n) is 8.08. The number of benzene rings is 3. The summed E-state index contributed by atoms with van der Waals surface area (Å²) >= 11 is 0. The number of nitrogens with one attached hydrogen (secondary N) is 1. The van der Waals surface area contributed by atoms with Crippen LogP contribution in [-0.2, 0) is 37.9 Å². The monoisotopic (exact) mass is 531 g/mol. The number of hydrogen-bond acceptors (Lipinski definition) is 6. The molecule has 0 bridgehead atoms. The molecule has 36 heavy (non-hydrogen) atoms. The molecule has 0 saturated carbocycles. The highest BCUT2D eigenvalue weighted by atomic mass is 32.2. The Kier molecular flexibility index (Phi) is 8.85. The second kappa shape index (κ2) is 11.7. The van der Waals surface area contributed by atoms with Crippen molar-refractivity contribution in [1.82, 2.24) is 9.62 Å². The minimum Gasteiger partial charge on any atom is -0.494 e. The Morgan fingerprint density at radius 1 is 0.917 bits per heavy atom. The van der Waals surface area contributed by atoms with Crippen LogP contribution in [-0.4, -0.2) is 40.2 Å². The summed E-state index contributed by atoms with van der Waals surface area (Å²) in [5.41, 5.74) is 2.04. The minimum atomic E-state index is -4.02. The van der Waals surface area contributed by atoms with Crippen molar-refractivity contribution in [1.29, 1.82) is 0 Å². The molecule has 0 fully saturated rings. The zero-order valence-corrected chi connectivity index (χ0v) is 21.7. The van der Waals surface area contributed by atoms with Gasteiger partial charge >= 0.3 is 0 Å². The summed E-state index contributed by atoms with van der Waals surface area (Å²) < 4.78 is 56.5. The van der Waals surface area contributed by atoms with Crippen LogP contribution in [0.5, 0.6) is 5.75 Å². The number of amides is 1. The van der Waals surface area contributed by atoms with Gasteiger partial charge in [-0.05, 0) is 60.9 Å². The van der Waals surface area contributed by atoms with Gasteiger partial charge < -0.3 is 10.1 Å². The van der Waals surface area contributed by atoms with Gasteiger partial charge in [0.15, 0.2) is 0 Å². The van der Waals surface area contributed by atoms with E-state index in [4.69, 9.17) is 9.88 Å². The third kappa shape index (κ3) is 7.14. The van der Waals surface area contributed by atoms with Crippen LogP contribution in [0, 0.1) is 6.92 Å². The van der Waals surface area contributed by atoms with Crippen LogP contribution < -0.4 is 15.2 Å². The van der Waals surface area contributed by atoms with Crippen LogP contribution in [0.15, 0.2) is 82.6 Å². The van der Waals surface area contributed by atoms with Crippen LogP contribution >= 0.6 is 0 Å². The number of sulfonamides is 2. The highest BCUT2D eigenvalue weighted by Gasteiger charge is 2.27. The van der Waals surface area contributed by atoms with Gasteiger partial charge in [-0.2, -0.15) is 4.31 Å². The molecule has 3 rings (SSSR count). The predicted octanol–water partition coefficient (Wildman–Crippen LogP) is 2.55. The molecule has 192 valence electrons. The Labute approximate surface area is 212 Å². The molecule has 9 nitrogen and oxygen atoms in total. The fourth-order valence-corrected chi connectivity index (χ4v) is 5.46. The minimum absolute atomic E-state index is 0.00586. The molecule has 0 spiro atoms. The molecule has 3 aromatic rings. The van der Waals surface area contributed by atoms with Crippen molar-refractivity contribution in [3.8, 4) is 5.75 Å². The summed E-state index contributed by atoms with van der Waals surface area (Å²) in [6.45, 7) is 3.76. The van der Waals surface area contributed by atoms with Crippen LogP contribution in [0.2, 0.25) is 0 Å². The quantitative estimate of drug-likeness (QED) is 0.390. The van der Waals surface area contributed by atoms with Gasteiger partial charge in [0, 0.05) is 13.1 Å². The van der Waals surface area contributed by atoms with E-state index >= 15 is 0 Å². The molecule has 0 aliphatic carbocycles. The number of aryl methyl sites for hydroxylation is 1. The highest BCUT2D eigenvalue weighted by molar-refractivity contribution is 7.89. The zero-order chi connectivity index (χ0) is 26.3. The lowest BCUT2D eigenvalue weighted by Gasteiger charge is -2.22. The van der Waals surface area contributed by atoms with Gasteiger partial charge in [0.1, 0.15) is 5.75 Å². The van der Waals surface area contributed by atoms with E-state index in [9.17, 15) is 21.6 Å². The number of rotatable bonds is 11. The first-order chi connectivity index (χ1) is 17.0. The van der Waals surface area contributed by atoms with E-state index in [1.165, 1.54) is 36.4 Å². The first-order valence-electron chi connectivity index (χ1n) is 11.2. The Hall–Kier alpha value is -3.25. The molecule has 0 radical (unpaired) electrons. The summed E-state index contributed by atoms with van der Waals surface area (Å²) in [6.07, 6.45) is 0. The number of nitrogens with two attached hydrogens (primary N) is 1. The lowest BCUT2D eigenvalue weighted by molar-refractivity contribution is -0.121. The van der Waals surface area contributed by atoms with Crippen molar-refractivity contribution in [3.63, 3.8) is 0 Å². The Bertz CT molecular complexity index is 1410. The van der Waals surface area contributed by atoms with Crippen LogP contribution in [0.1, 0.15) is 23.6 Å². The number of primary sulfonamides is 1. The maximum Gasteiger partial charge on any atom is 0.243 e. The maximum atomic E-state index is 13.5. The summed E-state index contributed by atoms with van der Waals surface area (Å²) in [4.78, 5) is 12.8. The molecule has 0 aromatic heterocycles. The van der Waals surface area contributed by atoms with Gasteiger partial charge in [-0.25, -0.2) is 22.0 Å². The third-order valence-corrected chi connectivity index (χ3v) is 8.06. The van der Waals surface area contributed by atoms with E-state index in [1.54, 1.807) is 37.3 Å². The maximum absolute atomic E-state index is 13.5. The van der Waals surface area contributed by atoms with E-state index < -0.39 is 32.5 Å². The molecule has 3 aromatic carbocycles. The van der Waals surface area contributed by atoms with Gasteiger partial charge in [0.25, 0.3) is 0 Å². The van der Waals surface area contributed by atoms with E-state index in [1.807, 2.05) is 13.0 Å². The molecule has 0 unspecified atom stereocenters. The highest BCUT2D eigenvalue weighted by Crippen LogP contribution is 2.25. The van der Waals surface area contributed by atoms with Crippen LogP contribution in [0.25, 0.3) is 0 Å². The van der Waals surface area contributed by atoms with E-state index in [2.05, 4.69) is 5.32 Å². The lowest BCUT2D eigenvalue weighted by atomic mass is 10.2. The zero-order valence-electron chi connectivity index (χ0n) is 20.0. The molecule has 1 amide bonds. The molecule has 0 saturated heterocycles. The Morgan fingerprint density at radius 2 is 1.56 bits per heavy atom. The number of hydrogen-bond donors (Lipinski definition) is 2.